The molecule has 0 aliphatic carbocycles. The number of aryl methyl sites for hydroxylation is 1. The fourth-order valence-corrected chi connectivity index (χ4v) is 2.95. The second kappa shape index (κ2) is 6.44. The summed E-state index contributed by atoms with van der Waals surface area (Å²) in [7, 11) is 1.35. The van der Waals surface area contributed by atoms with Gasteiger partial charge in [0, 0.05) is 18.3 Å². The lowest BCUT2D eigenvalue weighted by Gasteiger charge is -2.07. The number of esters is 1. The van der Waals surface area contributed by atoms with Gasteiger partial charge in [-0.25, -0.2) is 9.78 Å². The highest BCUT2D eigenvalue weighted by Crippen LogP contribution is 2.32. The Balaban J connectivity index is 1.99. The molecule has 130 valence electrons. The van der Waals surface area contributed by atoms with Gasteiger partial charge in [0.2, 0.25) is 0 Å². The molecule has 26 heavy (non-hydrogen) atoms. The Morgan fingerprint density at radius 3 is 2.77 bits per heavy atom. The first-order valence-corrected chi connectivity index (χ1v) is 8.19. The van der Waals surface area contributed by atoms with E-state index in [-0.39, 0.29) is 5.71 Å². The third-order valence-corrected chi connectivity index (χ3v) is 4.18. The van der Waals surface area contributed by atoms with E-state index < -0.39 is 5.97 Å². The third-order valence-electron chi connectivity index (χ3n) is 4.18. The zero-order valence-electron chi connectivity index (χ0n) is 14.3. The molecule has 0 radical (unpaired) electrons. The highest BCUT2D eigenvalue weighted by atomic mass is 16.5. The topological polar surface area (TPSA) is 83.0 Å². The minimum atomic E-state index is -0.471. The lowest BCUT2D eigenvalue weighted by molar-refractivity contribution is 0.0603. The van der Waals surface area contributed by atoms with Gasteiger partial charge in [-0.3, -0.25) is 4.68 Å². The summed E-state index contributed by atoms with van der Waals surface area (Å²) < 4.78 is 12.2. The molecule has 0 bridgehead atoms. The van der Waals surface area contributed by atoms with E-state index in [9.17, 15) is 4.79 Å². The monoisotopic (exact) mass is 348 g/mol. The van der Waals surface area contributed by atoms with Crippen LogP contribution in [-0.4, -0.2) is 33.0 Å². The van der Waals surface area contributed by atoms with Gasteiger partial charge in [-0.1, -0.05) is 35.5 Å². The molecule has 0 fully saturated rings. The zero-order chi connectivity index (χ0) is 18.1. The number of hydrogen-bond acceptors (Lipinski definition) is 6. The van der Waals surface area contributed by atoms with Crippen molar-refractivity contribution in [1.29, 1.82) is 0 Å². The fraction of sp³-hybridized carbons (Fsp3) is 0.158. The average molecular weight is 348 g/mol. The first-order chi connectivity index (χ1) is 12.7. The largest absolute Gasteiger partial charge is 0.465 e. The molecule has 0 saturated carbocycles. The second-order valence-corrected chi connectivity index (χ2v) is 5.66. The van der Waals surface area contributed by atoms with Crippen LogP contribution in [0.15, 0.2) is 53.2 Å². The zero-order valence-corrected chi connectivity index (χ0v) is 14.3. The van der Waals surface area contributed by atoms with Crippen LogP contribution in [0.4, 0.5) is 0 Å². The Hall–Kier alpha value is -3.48. The smallest absolute Gasteiger partial charge is 0.338 e. The van der Waals surface area contributed by atoms with Gasteiger partial charge in [0.25, 0.3) is 5.71 Å². The summed E-state index contributed by atoms with van der Waals surface area (Å²) >= 11 is 0. The van der Waals surface area contributed by atoms with Crippen LogP contribution in [0, 0.1) is 0 Å². The van der Waals surface area contributed by atoms with Crippen LogP contribution < -0.4 is 0 Å². The lowest BCUT2D eigenvalue weighted by Crippen LogP contribution is -2.05. The van der Waals surface area contributed by atoms with Crippen LogP contribution in [0.5, 0.6) is 0 Å². The fourth-order valence-electron chi connectivity index (χ4n) is 2.95. The number of aromatic nitrogens is 4. The molecule has 1 aromatic carbocycles. The Bertz CT molecular complexity index is 1080. The van der Waals surface area contributed by atoms with Gasteiger partial charge in [-0.2, -0.15) is 5.10 Å². The van der Waals surface area contributed by atoms with Gasteiger partial charge < -0.3 is 9.26 Å². The van der Waals surface area contributed by atoms with Crippen molar-refractivity contribution in [2.45, 2.75) is 13.5 Å². The van der Waals surface area contributed by atoms with Gasteiger partial charge in [-0.15, -0.1) is 0 Å². The molecule has 0 saturated heterocycles. The molecule has 0 aliphatic heterocycles. The van der Waals surface area contributed by atoms with E-state index in [1.165, 1.54) is 7.11 Å². The molecule has 3 aromatic heterocycles. The van der Waals surface area contributed by atoms with Crippen LogP contribution in [0.1, 0.15) is 17.3 Å². The maximum Gasteiger partial charge on any atom is 0.338 e. The van der Waals surface area contributed by atoms with Crippen molar-refractivity contribution >= 4 is 17.1 Å². The summed E-state index contributed by atoms with van der Waals surface area (Å²) in [6.45, 7) is 2.67. The summed E-state index contributed by atoms with van der Waals surface area (Å²) in [5.41, 5.74) is 3.40. The van der Waals surface area contributed by atoms with Crippen LogP contribution in [-0.2, 0) is 11.3 Å². The van der Waals surface area contributed by atoms with Crippen LogP contribution >= 0.6 is 0 Å². The Morgan fingerprint density at radius 1 is 1.23 bits per heavy atom. The molecule has 0 spiro atoms. The first kappa shape index (κ1) is 16.0. The number of rotatable bonds is 4. The number of nitrogens with zero attached hydrogens (tertiary/aromatic N) is 4. The summed E-state index contributed by atoms with van der Waals surface area (Å²) in [6.07, 6.45) is 1.69. The molecule has 4 aromatic rings. The van der Waals surface area contributed by atoms with Crippen LogP contribution in [0.2, 0.25) is 0 Å². The van der Waals surface area contributed by atoms with E-state index in [2.05, 4.69) is 15.2 Å². The van der Waals surface area contributed by atoms with Gasteiger partial charge in [0.05, 0.1) is 29.4 Å². The van der Waals surface area contributed by atoms with E-state index in [4.69, 9.17) is 9.26 Å². The van der Waals surface area contributed by atoms with Crippen LogP contribution in [0.25, 0.3) is 33.7 Å². The van der Waals surface area contributed by atoms with Gasteiger partial charge >= 0.3 is 5.97 Å². The van der Waals surface area contributed by atoms with Crippen molar-refractivity contribution in [2.75, 3.05) is 7.11 Å². The predicted molar refractivity (Wildman–Crippen MR) is 95.5 cm³/mol. The third kappa shape index (κ3) is 2.54. The summed E-state index contributed by atoms with van der Waals surface area (Å²) in [4.78, 5) is 17.0. The molecule has 0 amide bonds. The molecule has 3 heterocycles. The SMILES string of the molecule is CCn1nccc1-c1cc(C(=O)OC)c2c(-c3ccccc3)noc2n1. The number of carbonyl (C=O) groups is 1. The normalized spacial score (nSPS) is 11.0. The van der Waals surface area contributed by atoms with Crippen molar-refractivity contribution in [1.82, 2.24) is 19.9 Å². The molecule has 0 N–H and O–H groups in total. The number of hydrogen-bond donors (Lipinski definition) is 0. The van der Waals surface area contributed by atoms with E-state index >= 15 is 0 Å². The summed E-state index contributed by atoms with van der Waals surface area (Å²) in [5, 5.41) is 8.93. The van der Waals surface area contributed by atoms with Crippen molar-refractivity contribution in [3.05, 3.63) is 54.2 Å². The molecule has 0 aliphatic rings. The van der Waals surface area contributed by atoms with Gasteiger partial charge in [0.15, 0.2) is 0 Å². The van der Waals surface area contributed by atoms with Crippen molar-refractivity contribution in [2.24, 2.45) is 0 Å². The number of methoxy groups -OCH3 is 1. The average Bonchev–Trinajstić information content (AvgIpc) is 3.33. The lowest BCUT2D eigenvalue weighted by atomic mass is 10.0. The molecule has 0 unspecified atom stereocenters. The summed E-state index contributed by atoms with van der Waals surface area (Å²) in [6, 6.07) is 13.0. The standard InChI is InChI=1S/C19H16N4O3/c1-3-23-15(9-10-20-23)14-11-13(19(24)25-2)16-17(22-26-18(16)21-14)12-7-5-4-6-8-12/h4-11H,3H2,1-2H3. The summed E-state index contributed by atoms with van der Waals surface area (Å²) in [5.74, 6) is -0.471. The number of carbonyl (C=O) groups excluding carboxylic acids is 1. The Morgan fingerprint density at radius 2 is 2.04 bits per heavy atom. The van der Waals surface area contributed by atoms with Crippen LogP contribution in [0.3, 0.4) is 0 Å². The maximum atomic E-state index is 12.4. The Labute approximate surface area is 149 Å². The molecular formula is C19H16N4O3. The van der Waals surface area contributed by atoms with Crippen molar-refractivity contribution in [3.63, 3.8) is 0 Å². The molecule has 7 heteroatoms. The first-order valence-electron chi connectivity index (χ1n) is 8.19. The number of pyridine rings is 1. The quantitative estimate of drug-likeness (QED) is 0.524. The predicted octanol–water partition coefficient (Wildman–Crippen LogP) is 3.56. The minimum Gasteiger partial charge on any atom is -0.465 e. The van der Waals surface area contributed by atoms with Crippen molar-refractivity contribution < 1.29 is 14.1 Å². The number of benzene rings is 1. The molecular weight excluding hydrogens is 332 g/mol. The Kier molecular flexibility index (Phi) is 3.96. The van der Waals surface area contributed by atoms with Crippen molar-refractivity contribution in [3.8, 4) is 22.6 Å². The van der Waals surface area contributed by atoms with E-state index in [1.54, 1.807) is 16.9 Å². The second-order valence-electron chi connectivity index (χ2n) is 5.66. The molecule has 7 nitrogen and oxygen atoms in total. The van der Waals surface area contributed by atoms with E-state index in [0.717, 1.165) is 11.3 Å². The van der Waals surface area contributed by atoms with E-state index in [1.807, 2.05) is 43.3 Å². The minimum absolute atomic E-state index is 0.283. The van der Waals surface area contributed by atoms with E-state index in [0.29, 0.717) is 28.9 Å². The maximum absolute atomic E-state index is 12.4. The van der Waals surface area contributed by atoms with Gasteiger partial charge in [0.1, 0.15) is 5.69 Å². The molecule has 4 rings (SSSR count). The number of fused-ring (bicyclic) bond motifs is 1. The highest BCUT2D eigenvalue weighted by Gasteiger charge is 2.23. The molecule has 0 atom stereocenters. The number of ether oxygens (including phenoxy) is 1. The highest BCUT2D eigenvalue weighted by molar-refractivity contribution is 6.08. The van der Waals surface area contributed by atoms with Gasteiger partial charge in [-0.05, 0) is 19.1 Å².